The van der Waals surface area contributed by atoms with E-state index in [1.54, 1.807) is 0 Å². The van der Waals surface area contributed by atoms with Gasteiger partial charge in [-0.25, -0.2) is 0 Å². The van der Waals surface area contributed by atoms with Crippen LogP contribution >= 0.6 is 0 Å². The van der Waals surface area contributed by atoms with Crippen molar-refractivity contribution < 1.29 is 4.74 Å². The molecule has 1 aliphatic rings. The Bertz CT molecular complexity index is 76.9. The number of epoxide rings is 1. The summed E-state index contributed by atoms with van der Waals surface area (Å²) in [5.41, 5.74) is 0.334. The first kappa shape index (κ1) is 6.09. The maximum Gasteiger partial charge on any atom is 0.0846 e. The average Bonchev–Trinajstić information content (AvgIpc) is 2.12. The Hall–Kier alpha value is -0.0400. The van der Waals surface area contributed by atoms with E-state index in [0.29, 0.717) is 11.5 Å². The lowest BCUT2D eigenvalue weighted by Crippen LogP contribution is -2.09. The van der Waals surface area contributed by atoms with Crippen LogP contribution in [0.2, 0.25) is 0 Å². The molecule has 1 unspecified atom stereocenters. The highest BCUT2D eigenvalue weighted by atomic mass is 16.6. The Morgan fingerprint density at radius 2 is 2.00 bits per heavy atom. The van der Waals surface area contributed by atoms with E-state index in [1.165, 1.54) is 0 Å². The van der Waals surface area contributed by atoms with Gasteiger partial charge in [-0.2, -0.15) is 0 Å². The molecule has 1 aliphatic heterocycles. The van der Waals surface area contributed by atoms with Crippen molar-refractivity contribution in [2.24, 2.45) is 5.41 Å². The molecule has 1 nitrogen and oxygen atoms in total. The summed E-state index contributed by atoms with van der Waals surface area (Å²) in [5, 5.41) is 0. The van der Waals surface area contributed by atoms with Crippen molar-refractivity contribution in [3.05, 3.63) is 6.42 Å². The molecule has 47 valence electrons. The van der Waals surface area contributed by atoms with Crippen molar-refractivity contribution in [3.8, 4) is 0 Å². The van der Waals surface area contributed by atoms with Crippen LogP contribution in [0.4, 0.5) is 0 Å². The topological polar surface area (TPSA) is 12.5 Å². The van der Waals surface area contributed by atoms with Gasteiger partial charge in [-0.15, -0.1) is 0 Å². The third-order valence-corrected chi connectivity index (χ3v) is 1.05. The van der Waals surface area contributed by atoms with Gasteiger partial charge in [0.2, 0.25) is 0 Å². The minimum Gasteiger partial charge on any atom is -0.373 e. The molecule has 0 amide bonds. The molecule has 0 saturated carbocycles. The van der Waals surface area contributed by atoms with Gasteiger partial charge in [0.15, 0.2) is 0 Å². The zero-order chi connectivity index (χ0) is 6.20. The van der Waals surface area contributed by atoms with Crippen molar-refractivity contribution >= 4 is 0 Å². The highest BCUT2D eigenvalue weighted by Crippen LogP contribution is 2.26. The molecule has 0 bridgehead atoms. The van der Waals surface area contributed by atoms with Crippen molar-refractivity contribution in [2.75, 3.05) is 6.61 Å². The SMILES string of the molecule is CC(C)(C)[CH]C1CO1. The predicted molar refractivity (Wildman–Crippen MR) is 33.5 cm³/mol. The zero-order valence-electron chi connectivity index (χ0n) is 5.77. The van der Waals surface area contributed by atoms with E-state index in [2.05, 4.69) is 27.2 Å². The normalized spacial score (nSPS) is 28.1. The van der Waals surface area contributed by atoms with Crippen molar-refractivity contribution in [2.45, 2.75) is 26.9 Å². The van der Waals surface area contributed by atoms with E-state index in [9.17, 15) is 0 Å². The first-order chi connectivity index (χ1) is 3.58. The van der Waals surface area contributed by atoms with Gasteiger partial charge >= 0.3 is 0 Å². The maximum absolute atomic E-state index is 5.03. The lowest BCUT2D eigenvalue weighted by atomic mass is 9.91. The molecule has 8 heavy (non-hydrogen) atoms. The van der Waals surface area contributed by atoms with Crippen molar-refractivity contribution in [3.63, 3.8) is 0 Å². The highest BCUT2D eigenvalue weighted by Gasteiger charge is 2.28. The van der Waals surface area contributed by atoms with Crippen LogP contribution in [0.1, 0.15) is 20.8 Å². The number of hydrogen-bond acceptors (Lipinski definition) is 1. The molecule has 1 fully saturated rings. The summed E-state index contributed by atoms with van der Waals surface area (Å²) in [6.45, 7) is 7.51. The Kier molecular flexibility index (Phi) is 1.31. The molecule has 1 rings (SSSR count). The molecular formula is C7H13O. The summed E-state index contributed by atoms with van der Waals surface area (Å²) in [7, 11) is 0. The summed E-state index contributed by atoms with van der Waals surface area (Å²) in [4.78, 5) is 0. The largest absolute Gasteiger partial charge is 0.373 e. The lowest BCUT2D eigenvalue weighted by Gasteiger charge is -2.14. The zero-order valence-corrected chi connectivity index (χ0v) is 5.77. The summed E-state index contributed by atoms with van der Waals surface area (Å²) in [6.07, 6.45) is 2.71. The van der Waals surface area contributed by atoms with E-state index in [0.717, 1.165) is 6.61 Å². The van der Waals surface area contributed by atoms with Gasteiger partial charge in [-0.1, -0.05) is 20.8 Å². The van der Waals surface area contributed by atoms with Gasteiger partial charge in [0, 0.05) is 0 Å². The molecule has 1 heteroatoms. The van der Waals surface area contributed by atoms with Crippen LogP contribution in [0, 0.1) is 11.8 Å². The van der Waals surface area contributed by atoms with Gasteiger partial charge in [0.05, 0.1) is 12.7 Å². The third-order valence-electron chi connectivity index (χ3n) is 1.05. The molecule has 1 radical (unpaired) electrons. The number of ether oxygens (including phenoxy) is 1. The summed E-state index contributed by atoms with van der Waals surface area (Å²) < 4.78 is 5.03. The molecule has 1 heterocycles. The second-order valence-corrected chi connectivity index (χ2v) is 3.40. The van der Waals surface area contributed by atoms with E-state index in [4.69, 9.17) is 4.74 Å². The van der Waals surface area contributed by atoms with Crippen LogP contribution in [0.5, 0.6) is 0 Å². The van der Waals surface area contributed by atoms with Crippen LogP contribution in [0.3, 0.4) is 0 Å². The minimum atomic E-state index is 0.334. The van der Waals surface area contributed by atoms with E-state index in [1.807, 2.05) is 0 Å². The number of rotatable bonds is 1. The van der Waals surface area contributed by atoms with E-state index in [-0.39, 0.29) is 0 Å². The summed E-state index contributed by atoms with van der Waals surface area (Å²) in [6, 6.07) is 0. The number of hydrogen-bond donors (Lipinski definition) is 0. The van der Waals surface area contributed by atoms with Crippen LogP contribution in [0.15, 0.2) is 0 Å². The molecule has 0 N–H and O–H groups in total. The molecule has 0 aromatic heterocycles. The predicted octanol–water partition coefficient (Wildman–Crippen LogP) is 1.64. The minimum absolute atomic E-state index is 0.334. The van der Waals surface area contributed by atoms with Crippen LogP contribution < -0.4 is 0 Å². The Morgan fingerprint density at radius 1 is 1.50 bits per heavy atom. The lowest BCUT2D eigenvalue weighted by molar-refractivity contribution is 0.378. The molecule has 0 aromatic rings. The fourth-order valence-electron chi connectivity index (χ4n) is 0.709. The van der Waals surface area contributed by atoms with Gasteiger partial charge in [0.1, 0.15) is 0 Å². The second-order valence-electron chi connectivity index (χ2n) is 3.40. The summed E-state index contributed by atoms with van der Waals surface area (Å²) in [5.74, 6) is 0. The monoisotopic (exact) mass is 113 g/mol. The Balaban J connectivity index is 2.16. The smallest absolute Gasteiger partial charge is 0.0846 e. The van der Waals surface area contributed by atoms with Crippen LogP contribution in [-0.4, -0.2) is 12.7 Å². The summed E-state index contributed by atoms with van der Waals surface area (Å²) >= 11 is 0. The van der Waals surface area contributed by atoms with Gasteiger partial charge < -0.3 is 4.74 Å². The van der Waals surface area contributed by atoms with Crippen molar-refractivity contribution in [1.82, 2.24) is 0 Å². The molecule has 1 saturated heterocycles. The van der Waals surface area contributed by atoms with Crippen molar-refractivity contribution in [1.29, 1.82) is 0 Å². The van der Waals surface area contributed by atoms with Gasteiger partial charge in [0.25, 0.3) is 0 Å². The maximum atomic E-state index is 5.03. The molecule has 0 spiro atoms. The molecule has 0 aromatic carbocycles. The van der Waals surface area contributed by atoms with Gasteiger partial charge in [-0.3, -0.25) is 0 Å². The van der Waals surface area contributed by atoms with E-state index >= 15 is 0 Å². The average molecular weight is 113 g/mol. The molecular weight excluding hydrogens is 100 g/mol. The first-order valence-electron chi connectivity index (χ1n) is 3.05. The quantitative estimate of drug-likeness (QED) is 0.471. The Morgan fingerprint density at radius 3 is 2.12 bits per heavy atom. The standard InChI is InChI=1S/C7H13O/c1-7(2,3)4-6-5-8-6/h4,6H,5H2,1-3H3. The fourth-order valence-corrected chi connectivity index (χ4v) is 0.709. The van der Waals surface area contributed by atoms with E-state index < -0.39 is 0 Å². The molecule has 0 aliphatic carbocycles. The second kappa shape index (κ2) is 1.73. The third kappa shape index (κ3) is 2.31. The Labute approximate surface area is 51.0 Å². The fraction of sp³-hybridized carbons (Fsp3) is 0.857. The first-order valence-corrected chi connectivity index (χ1v) is 3.05. The highest BCUT2D eigenvalue weighted by molar-refractivity contribution is 4.94. The van der Waals surface area contributed by atoms with Gasteiger partial charge in [-0.05, 0) is 11.8 Å². The van der Waals surface area contributed by atoms with Crippen LogP contribution in [0.25, 0.3) is 0 Å². The van der Waals surface area contributed by atoms with Crippen LogP contribution in [-0.2, 0) is 4.74 Å². The molecule has 1 atom stereocenters.